The van der Waals surface area contributed by atoms with E-state index in [9.17, 15) is 9.18 Å². The molecule has 6 heteroatoms. The summed E-state index contributed by atoms with van der Waals surface area (Å²) in [6.45, 7) is 2.90. The number of carbonyl (C=O) groups excluding carboxylic acids is 1. The van der Waals surface area contributed by atoms with E-state index in [2.05, 4.69) is 40.0 Å². The number of halogens is 1. The highest BCUT2D eigenvalue weighted by Gasteiger charge is 2.16. The van der Waals surface area contributed by atoms with Crippen LogP contribution in [0.4, 0.5) is 10.1 Å². The fourth-order valence-corrected chi connectivity index (χ4v) is 3.81. The van der Waals surface area contributed by atoms with Crippen LogP contribution >= 0.6 is 11.3 Å². The van der Waals surface area contributed by atoms with E-state index < -0.39 is 5.82 Å². The Bertz CT molecular complexity index is 1100. The Hall–Kier alpha value is -2.99. The second kappa shape index (κ2) is 6.72. The number of nitrogens with one attached hydrogen (secondary N) is 1. The number of amides is 1. The average Bonchev–Trinajstić information content (AvgIpc) is 3.26. The molecule has 4 rings (SSSR count). The van der Waals surface area contributed by atoms with Crippen LogP contribution in [0, 0.1) is 5.82 Å². The van der Waals surface area contributed by atoms with Gasteiger partial charge < -0.3 is 9.88 Å². The van der Waals surface area contributed by atoms with Crippen molar-refractivity contribution in [2.75, 3.05) is 5.32 Å². The van der Waals surface area contributed by atoms with Gasteiger partial charge in [-0.05, 0) is 37.3 Å². The van der Waals surface area contributed by atoms with Crippen LogP contribution in [0.3, 0.4) is 0 Å². The summed E-state index contributed by atoms with van der Waals surface area (Å²) in [6, 6.07) is 16.1. The number of nitrogens with zero attached hydrogens (tertiary/aromatic N) is 2. The summed E-state index contributed by atoms with van der Waals surface area (Å²) in [6.07, 6.45) is 0. The van der Waals surface area contributed by atoms with Gasteiger partial charge in [-0.1, -0.05) is 24.3 Å². The zero-order chi connectivity index (χ0) is 18.1. The van der Waals surface area contributed by atoms with E-state index in [1.807, 2.05) is 12.1 Å². The number of benzene rings is 2. The summed E-state index contributed by atoms with van der Waals surface area (Å²) in [5.74, 6) is -0.744. The molecule has 0 aliphatic rings. The molecule has 0 spiro atoms. The largest absolute Gasteiger partial charge is 0.339 e. The Balaban J connectivity index is 1.65. The molecule has 0 radical (unpaired) electrons. The highest BCUT2D eigenvalue weighted by Crippen LogP contribution is 2.30. The van der Waals surface area contributed by atoms with Crippen LogP contribution < -0.4 is 5.32 Å². The molecule has 26 heavy (non-hydrogen) atoms. The molecule has 0 aliphatic heterocycles. The summed E-state index contributed by atoms with van der Waals surface area (Å²) in [5, 5.41) is 6.33. The van der Waals surface area contributed by atoms with Gasteiger partial charge in [-0.3, -0.25) is 4.79 Å². The van der Waals surface area contributed by atoms with Gasteiger partial charge in [-0.15, -0.1) is 11.3 Å². The molecule has 4 nitrogen and oxygen atoms in total. The summed E-state index contributed by atoms with van der Waals surface area (Å²) >= 11 is 1.42. The molecular formula is C20H16FN3OS. The van der Waals surface area contributed by atoms with Crippen molar-refractivity contribution in [3.8, 4) is 10.7 Å². The van der Waals surface area contributed by atoms with Crippen LogP contribution in [0.2, 0.25) is 0 Å². The third-order valence-electron chi connectivity index (χ3n) is 4.17. The summed E-state index contributed by atoms with van der Waals surface area (Å²) in [4.78, 5) is 16.9. The topological polar surface area (TPSA) is 46.9 Å². The molecular weight excluding hydrogens is 349 g/mol. The molecule has 2 aromatic heterocycles. The smallest absolute Gasteiger partial charge is 0.275 e. The fourth-order valence-electron chi connectivity index (χ4n) is 2.99. The first-order chi connectivity index (χ1) is 12.7. The molecule has 1 N–H and O–H groups in total. The molecule has 1 amide bonds. The van der Waals surface area contributed by atoms with Crippen molar-refractivity contribution < 1.29 is 9.18 Å². The van der Waals surface area contributed by atoms with Crippen molar-refractivity contribution in [1.82, 2.24) is 9.55 Å². The fraction of sp³-hybridized carbons (Fsp3) is 0.100. The molecule has 0 unspecified atom stereocenters. The number of para-hydroxylation sites is 1. The van der Waals surface area contributed by atoms with Crippen LogP contribution in [0.1, 0.15) is 17.4 Å². The molecule has 4 aromatic rings. The van der Waals surface area contributed by atoms with Gasteiger partial charge in [0.1, 0.15) is 16.5 Å². The second-order valence-electron chi connectivity index (χ2n) is 5.84. The zero-order valence-electron chi connectivity index (χ0n) is 14.1. The molecule has 130 valence electrons. The van der Waals surface area contributed by atoms with Crippen molar-refractivity contribution in [2.45, 2.75) is 13.5 Å². The standard InChI is InChI=1S/C20H16FN3OS/c1-2-24-17-9-4-3-6-13(17)10-18(24)20-23-16(12-26-20)19(25)22-15-8-5-7-14(21)11-15/h3-12H,2H2,1H3,(H,22,25). The Morgan fingerprint density at radius 3 is 2.85 bits per heavy atom. The Labute approximate surface area is 153 Å². The molecule has 0 saturated carbocycles. The quantitative estimate of drug-likeness (QED) is 0.542. The first-order valence-electron chi connectivity index (χ1n) is 8.27. The number of aryl methyl sites for hydroxylation is 1. The van der Waals surface area contributed by atoms with Crippen LogP contribution in [0.25, 0.3) is 21.6 Å². The number of thiazole rings is 1. The maximum Gasteiger partial charge on any atom is 0.275 e. The molecule has 2 aromatic carbocycles. The highest BCUT2D eigenvalue weighted by molar-refractivity contribution is 7.13. The summed E-state index contributed by atoms with van der Waals surface area (Å²) in [7, 11) is 0. The van der Waals surface area contributed by atoms with E-state index >= 15 is 0 Å². The minimum atomic E-state index is -0.394. The lowest BCUT2D eigenvalue weighted by Gasteiger charge is -2.05. The zero-order valence-corrected chi connectivity index (χ0v) is 14.9. The molecule has 2 heterocycles. The normalized spacial score (nSPS) is 11.0. The van der Waals surface area contributed by atoms with E-state index in [-0.39, 0.29) is 5.91 Å². The number of rotatable bonds is 4. The van der Waals surface area contributed by atoms with Crippen LogP contribution in [-0.2, 0) is 6.54 Å². The van der Waals surface area contributed by atoms with Crippen molar-refractivity contribution in [1.29, 1.82) is 0 Å². The molecule has 0 atom stereocenters. The minimum absolute atomic E-state index is 0.321. The van der Waals surface area contributed by atoms with E-state index in [0.29, 0.717) is 11.4 Å². The maximum absolute atomic E-state index is 13.3. The summed E-state index contributed by atoms with van der Waals surface area (Å²) < 4.78 is 15.4. The number of hydrogen-bond acceptors (Lipinski definition) is 3. The maximum atomic E-state index is 13.3. The minimum Gasteiger partial charge on any atom is -0.339 e. The predicted octanol–water partition coefficient (Wildman–Crippen LogP) is 5.18. The predicted molar refractivity (Wildman–Crippen MR) is 103 cm³/mol. The van der Waals surface area contributed by atoms with Gasteiger partial charge in [0.25, 0.3) is 5.91 Å². The van der Waals surface area contributed by atoms with Gasteiger partial charge in [0.2, 0.25) is 0 Å². The molecule has 0 bridgehead atoms. The van der Waals surface area contributed by atoms with E-state index in [4.69, 9.17) is 0 Å². The molecule has 0 saturated heterocycles. The lowest BCUT2D eigenvalue weighted by atomic mass is 10.2. The molecule has 0 fully saturated rings. The Morgan fingerprint density at radius 2 is 2.04 bits per heavy atom. The van der Waals surface area contributed by atoms with Gasteiger partial charge in [-0.2, -0.15) is 0 Å². The lowest BCUT2D eigenvalue weighted by molar-refractivity contribution is 0.102. The second-order valence-corrected chi connectivity index (χ2v) is 6.69. The van der Waals surface area contributed by atoms with Gasteiger partial charge in [0.05, 0.1) is 5.69 Å². The van der Waals surface area contributed by atoms with E-state index in [0.717, 1.165) is 28.1 Å². The van der Waals surface area contributed by atoms with Gasteiger partial charge in [-0.25, -0.2) is 9.37 Å². The Kier molecular flexibility index (Phi) is 4.26. The summed E-state index contributed by atoms with van der Waals surface area (Å²) in [5.41, 5.74) is 2.86. The van der Waals surface area contributed by atoms with Crippen molar-refractivity contribution >= 4 is 33.8 Å². The van der Waals surface area contributed by atoms with Crippen LogP contribution in [0.15, 0.2) is 60.0 Å². The monoisotopic (exact) mass is 365 g/mol. The number of anilines is 1. The van der Waals surface area contributed by atoms with Crippen molar-refractivity contribution in [3.05, 3.63) is 71.5 Å². The van der Waals surface area contributed by atoms with Gasteiger partial charge in [0.15, 0.2) is 0 Å². The average molecular weight is 365 g/mol. The number of hydrogen-bond donors (Lipinski definition) is 1. The van der Waals surface area contributed by atoms with Crippen molar-refractivity contribution in [3.63, 3.8) is 0 Å². The van der Waals surface area contributed by atoms with Crippen molar-refractivity contribution in [2.24, 2.45) is 0 Å². The van der Waals surface area contributed by atoms with E-state index in [1.54, 1.807) is 17.5 Å². The Morgan fingerprint density at radius 1 is 1.19 bits per heavy atom. The number of carbonyl (C=O) groups is 1. The highest BCUT2D eigenvalue weighted by atomic mass is 32.1. The third kappa shape index (κ3) is 2.99. The SMILES string of the molecule is CCn1c(-c2nc(C(=O)Nc3cccc(F)c3)cs2)cc2ccccc21. The molecule has 0 aliphatic carbocycles. The first kappa shape index (κ1) is 16.5. The lowest BCUT2D eigenvalue weighted by Crippen LogP contribution is -2.12. The third-order valence-corrected chi connectivity index (χ3v) is 5.03. The number of aromatic nitrogens is 2. The first-order valence-corrected chi connectivity index (χ1v) is 9.15. The van der Waals surface area contributed by atoms with Gasteiger partial charge in [0, 0.05) is 28.5 Å². The number of fused-ring (bicyclic) bond motifs is 1. The van der Waals surface area contributed by atoms with Crippen LogP contribution in [-0.4, -0.2) is 15.5 Å². The van der Waals surface area contributed by atoms with Gasteiger partial charge >= 0.3 is 0 Å². The van der Waals surface area contributed by atoms with Crippen LogP contribution in [0.5, 0.6) is 0 Å². The van der Waals surface area contributed by atoms with E-state index in [1.165, 1.54) is 23.5 Å².